The fourth-order valence-corrected chi connectivity index (χ4v) is 4.22. The van der Waals surface area contributed by atoms with Crippen molar-refractivity contribution in [1.29, 1.82) is 0 Å². The lowest BCUT2D eigenvalue weighted by Gasteiger charge is -2.20. The number of methoxy groups -OCH3 is 1. The van der Waals surface area contributed by atoms with Gasteiger partial charge >= 0.3 is 0 Å². The molecule has 0 saturated heterocycles. The molecule has 4 aromatic rings. The van der Waals surface area contributed by atoms with Gasteiger partial charge in [-0.25, -0.2) is 4.98 Å². The second-order valence-corrected chi connectivity index (χ2v) is 7.97. The van der Waals surface area contributed by atoms with Crippen LogP contribution in [0.5, 0.6) is 5.75 Å². The van der Waals surface area contributed by atoms with E-state index in [9.17, 15) is 4.79 Å². The minimum absolute atomic E-state index is 0.0328. The molecule has 0 aliphatic heterocycles. The topological polar surface area (TPSA) is 42.4 Å². The van der Waals surface area contributed by atoms with Crippen LogP contribution < -0.4 is 9.64 Å². The van der Waals surface area contributed by atoms with E-state index in [1.54, 1.807) is 12.0 Å². The van der Waals surface area contributed by atoms with Crippen LogP contribution in [0.1, 0.15) is 16.7 Å². The maximum Gasteiger partial charge on any atom is 0.233 e. The number of ether oxygens (including phenoxy) is 1. The van der Waals surface area contributed by atoms with Crippen LogP contribution in [0.3, 0.4) is 0 Å². The lowest BCUT2D eigenvalue weighted by molar-refractivity contribution is -0.118. The molecule has 0 fully saturated rings. The number of carbonyl (C=O) groups is 1. The molecular formula is C24H22N2O2S. The quantitative estimate of drug-likeness (QED) is 0.434. The molecule has 1 amide bonds. The van der Waals surface area contributed by atoms with E-state index in [4.69, 9.17) is 9.72 Å². The molecule has 0 N–H and O–H groups in total. The van der Waals surface area contributed by atoms with Crippen LogP contribution in [0.4, 0.5) is 5.13 Å². The Bertz CT molecular complexity index is 1140. The van der Waals surface area contributed by atoms with Crippen molar-refractivity contribution in [2.24, 2.45) is 0 Å². The molecule has 146 valence electrons. The van der Waals surface area contributed by atoms with Gasteiger partial charge in [-0.3, -0.25) is 9.69 Å². The second kappa shape index (κ2) is 8.45. The van der Waals surface area contributed by atoms with Gasteiger partial charge in [0.2, 0.25) is 5.91 Å². The molecule has 0 aliphatic carbocycles. The van der Waals surface area contributed by atoms with E-state index in [-0.39, 0.29) is 5.91 Å². The van der Waals surface area contributed by atoms with Crippen molar-refractivity contribution >= 4 is 32.6 Å². The van der Waals surface area contributed by atoms with Crippen LogP contribution in [0, 0.1) is 6.92 Å². The van der Waals surface area contributed by atoms with Gasteiger partial charge in [-0.2, -0.15) is 0 Å². The monoisotopic (exact) mass is 402 g/mol. The van der Waals surface area contributed by atoms with E-state index >= 15 is 0 Å². The van der Waals surface area contributed by atoms with Crippen molar-refractivity contribution in [1.82, 2.24) is 4.98 Å². The average molecular weight is 403 g/mol. The highest BCUT2D eigenvalue weighted by molar-refractivity contribution is 7.22. The summed E-state index contributed by atoms with van der Waals surface area (Å²) in [4.78, 5) is 19.8. The summed E-state index contributed by atoms with van der Waals surface area (Å²) in [6, 6.07) is 23.9. The van der Waals surface area contributed by atoms with Crippen LogP contribution in [-0.2, 0) is 17.8 Å². The Morgan fingerprint density at radius 1 is 1.00 bits per heavy atom. The number of anilines is 1. The van der Waals surface area contributed by atoms with E-state index in [0.717, 1.165) is 32.7 Å². The normalized spacial score (nSPS) is 10.8. The summed E-state index contributed by atoms with van der Waals surface area (Å²) in [5.74, 6) is 0.792. The molecule has 0 aliphatic rings. The molecule has 4 rings (SSSR count). The third-order valence-corrected chi connectivity index (χ3v) is 5.80. The van der Waals surface area contributed by atoms with Crippen LogP contribution >= 0.6 is 11.3 Å². The van der Waals surface area contributed by atoms with Gasteiger partial charge in [0.25, 0.3) is 0 Å². The van der Waals surface area contributed by atoms with Crippen LogP contribution in [0.25, 0.3) is 10.2 Å². The number of hydrogen-bond donors (Lipinski definition) is 0. The van der Waals surface area contributed by atoms with Gasteiger partial charge in [-0.1, -0.05) is 71.5 Å². The molecular weight excluding hydrogens is 380 g/mol. The number of fused-ring (bicyclic) bond motifs is 1. The van der Waals surface area contributed by atoms with E-state index in [0.29, 0.717) is 18.1 Å². The highest BCUT2D eigenvalue weighted by Gasteiger charge is 2.21. The number of benzene rings is 3. The largest absolute Gasteiger partial charge is 0.497 e. The summed E-state index contributed by atoms with van der Waals surface area (Å²) in [6.45, 7) is 2.53. The number of amides is 1. The molecule has 3 aromatic carbocycles. The van der Waals surface area contributed by atoms with Crippen molar-refractivity contribution in [2.45, 2.75) is 19.9 Å². The van der Waals surface area contributed by atoms with Crippen LogP contribution in [0.2, 0.25) is 0 Å². The van der Waals surface area contributed by atoms with Crippen LogP contribution in [-0.4, -0.2) is 18.0 Å². The first-order valence-electron chi connectivity index (χ1n) is 9.47. The number of aryl methyl sites for hydroxylation is 1. The number of nitrogens with zero attached hydrogens (tertiary/aromatic N) is 2. The summed E-state index contributed by atoms with van der Waals surface area (Å²) in [6.07, 6.45) is 0.341. The Kier molecular flexibility index (Phi) is 5.58. The van der Waals surface area contributed by atoms with Crippen molar-refractivity contribution in [3.63, 3.8) is 0 Å². The molecule has 1 heterocycles. The highest BCUT2D eigenvalue weighted by atomic mass is 32.1. The first-order valence-corrected chi connectivity index (χ1v) is 10.3. The van der Waals surface area contributed by atoms with Gasteiger partial charge in [0.05, 0.1) is 30.3 Å². The van der Waals surface area contributed by atoms with Gasteiger partial charge in [-0.15, -0.1) is 0 Å². The summed E-state index contributed by atoms with van der Waals surface area (Å²) >= 11 is 1.52. The van der Waals surface area contributed by atoms with Crippen molar-refractivity contribution in [3.8, 4) is 5.75 Å². The molecule has 0 atom stereocenters. The van der Waals surface area contributed by atoms with Crippen molar-refractivity contribution in [3.05, 3.63) is 89.5 Å². The standard InChI is InChI=1S/C24H22N2O2S/c1-17-7-6-10-19(13-17)14-23(27)26(16-18-8-4-3-5-9-18)24-25-21-15-20(28-2)11-12-22(21)29-24/h3-13,15H,14,16H2,1-2H3. The minimum atomic E-state index is 0.0328. The molecule has 0 spiro atoms. The Labute approximate surface area is 174 Å². The molecule has 0 bridgehead atoms. The van der Waals surface area contributed by atoms with Crippen molar-refractivity contribution in [2.75, 3.05) is 12.0 Å². The predicted octanol–water partition coefficient (Wildman–Crippen LogP) is 5.39. The SMILES string of the molecule is COc1ccc2sc(N(Cc3ccccc3)C(=O)Cc3cccc(C)c3)nc2c1. The minimum Gasteiger partial charge on any atom is -0.497 e. The van der Waals surface area contributed by atoms with E-state index < -0.39 is 0 Å². The zero-order valence-electron chi connectivity index (χ0n) is 16.5. The zero-order valence-corrected chi connectivity index (χ0v) is 17.3. The van der Waals surface area contributed by atoms with Gasteiger partial charge in [0.15, 0.2) is 5.13 Å². The van der Waals surface area contributed by atoms with Crippen molar-refractivity contribution < 1.29 is 9.53 Å². The maximum absolute atomic E-state index is 13.3. The highest BCUT2D eigenvalue weighted by Crippen LogP contribution is 2.32. The Morgan fingerprint density at radius 3 is 2.55 bits per heavy atom. The summed E-state index contributed by atoms with van der Waals surface area (Å²) in [5, 5.41) is 0.703. The van der Waals surface area contributed by atoms with E-state index in [1.807, 2.05) is 73.7 Å². The predicted molar refractivity (Wildman–Crippen MR) is 119 cm³/mol. The molecule has 4 nitrogen and oxygen atoms in total. The van der Waals surface area contributed by atoms with Gasteiger partial charge in [-0.05, 0) is 30.2 Å². The lowest BCUT2D eigenvalue weighted by atomic mass is 10.1. The number of thiazole rings is 1. The summed E-state index contributed by atoms with van der Waals surface area (Å²) < 4.78 is 6.34. The van der Waals surface area contributed by atoms with E-state index in [2.05, 4.69) is 6.07 Å². The third-order valence-electron chi connectivity index (χ3n) is 4.74. The van der Waals surface area contributed by atoms with Gasteiger partial charge in [0.1, 0.15) is 5.75 Å². The number of carbonyl (C=O) groups excluding carboxylic acids is 1. The van der Waals surface area contributed by atoms with Crippen LogP contribution in [0.15, 0.2) is 72.8 Å². The lowest BCUT2D eigenvalue weighted by Crippen LogP contribution is -2.31. The fourth-order valence-electron chi connectivity index (χ4n) is 3.26. The fraction of sp³-hybridized carbons (Fsp3) is 0.167. The molecule has 5 heteroatoms. The Balaban J connectivity index is 1.68. The first kappa shape index (κ1) is 19.2. The Hall–Kier alpha value is -3.18. The number of aromatic nitrogens is 1. The zero-order chi connectivity index (χ0) is 20.2. The number of rotatable bonds is 6. The molecule has 0 saturated carbocycles. The Morgan fingerprint density at radius 2 is 1.79 bits per heavy atom. The smallest absolute Gasteiger partial charge is 0.233 e. The first-order chi connectivity index (χ1) is 14.1. The third kappa shape index (κ3) is 4.46. The van der Waals surface area contributed by atoms with Gasteiger partial charge in [0, 0.05) is 6.07 Å². The second-order valence-electron chi connectivity index (χ2n) is 6.96. The van der Waals surface area contributed by atoms with E-state index in [1.165, 1.54) is 11.3 Å². The summed E-state index contributed by atoms with van der Waals surface area (Å²) in [5.41, 5.74) is 4.07. The molecule has 0 radical (unpaired) electrons. The average Bonchev–Trinajstić information content (AvgIpc) is 3.15. The molecule has 1 aromatic heterocycles. The number of hydrogen-bond acceptors (Lipinski definition) is 4. The molecule has 0 unspecified atom stereocenters. The van der Waals surface area contributed by atoms with Gasteiger partial charge < -0.3 is 4.74 Å². The summed E-state index contributed by atoms with van der Waals surface area (Å²) in [7, 11) is 1.64. The maximum atomic E-state index is 13.3. The molecule has 29 heavy (non-hydrogen) atoms.